The van der Waals surface area contributed by atoms with Crippen molar-refractivity contribution < 1.29 is 4.79 Å². The molecule has 0 saturated heterocycles. The van der Waals surface area contributed by atoms with Crippen LogP contribution >= 0.6 is 0 Å². The fraction of sp³-hybridized carbons (Fsp3) is 0.450. The van der Waals surface area contributed by atoms with E-state index in [1.807, 2.05) is 35.9 Å². The van der Waals surface area contributed by atoms with Crippen LogP contribution in [-0.2, 0) is 18.4 Å². The second-order valence-electron chi connectivity index (χ2n) is 7.38. The molecule has 1 fully saturated rings. The molecule has 1 saturated carbocycles. The van der Waals surface area contributed by atoms with Gasteiger partial charge in [0.25, 0.3) is 5.56 Å². The number of amides is 1. The Kier molecular flexibility index (Phi) is 4.26. The maximum Gasteiger partial charge on any atom is 0.291 e. The molecule has 2 atom stereocenters. The first-order valence-electron chi connectivity index (χ1n) is 9.29. The number of fused-ring (bicyclic) bond motifs is 3. The molecule has 1 aliphatic carbocycles. The van der Waals surface area contributed by atoms with Gasteiger partial charge in [-0.3, -0.25) is 9.59 Å². The highest BCUT2D eigenvalue weighted by Gasteiger charge is 2.23. The first-order chi connectivity index (χ1) is 12.6. The summed E-state index contributed by atoms with van der Waals surface area (Å²) in [7, 11) is 1.88. The van der Waals surface area contributed by atoms with E-state index >= 15 is 0 Å². The second kappa shape index (κ2) is 6.59. The highest BCUT2D eigenvalue weighted by atomic mass is 16.2. The first kappa shape index (κ1) is 16.8. The number of nitrogens with zero attached hydrogens (tertiary/aromatic N) is 3. The number of para-hydroxylation sites is 1. The van der Waals surface area contributed by atoms with Crippen molar-refractivity contribution in [1.82, 2.24) is 19.7 Å². The predicted octanol–water partition coefficient (Wildman–Crippen LogP) is 2.58. The molecule has 26 heavy (non-hydrogen) atoms. The summed E-state index contributed by atoms with van der Waals surface area (Å²) in [5.41, 5.74) is 1.34. The third-order valence-corrected chi connectivity index (χ3v) is 5.66. The quantitative estimate of drug-likeness (QED) is 0.788. The first-order valence-corrected chi connectivity index (χ1v) is 9.29. The zero-order chi connectivity index (χ0) is 18.3. The van der Waals surface area contributed by atoms with Gasteiger partial charge < -0.3 is 9.88 Å². The third-order valence-electron chi connectivity index (χ3n) is 5.66. The lowest BCUT2D eigenvalue weighted by Gasteiger charge is -2.29. The van der Waals surface area contributed by atoms with Crippen LogP contribution in [0.25, 0.3) is 21.8 Å². The van der Waals surface area contributed by atoms with Gasteiger partial charge in [-0.05, 0) is 24.8 Å². The van der Waals surface area contributed by atoms with Crippen molar-refractivity contribution in [1.29, 1.82) is 0 Å². The topological polar surface area (TPSA) is 68.9 Å². The molecule has 2 heterocycles. The van der Waals surface area contributed by atoms with Gasteiger partial charge >= 0.3 is 0 Å². The van der Waals surface area contributed by atoms with E-state index in [1.54, 1.807) is 6.20 Å². The molecule has 6 nitrogen and oxygen atoms in total. The molecule has 0 radical (unpaired) electrons. The SMILES string of the molecule is C[C@@H]1CCCC[C@@H]1NC(=O)Cn1ncc2c3ccccc3n(C)c2c1=O. The van der Waals surface area contributed by atoms with Crippen molar-refractivity contribution in [3.8, 4) is 0 Å². The summed E-state index contributed by atoms with van der Waals surface area (Å²) in [6.45, 7) is 2.13. The molecular formula is C20H24N4O2. The van der Waals surface area contributed by atoms with Gasteiger partial charge in [0.2, 0.25) is 5.91 Å². The molecule has 4 rings (SSSR count). The Morgan fingerprint density at radius 1 is 1.23 bits per heavy atom. The van der Waals surface area contributed by atoms with Crippen molar-refractivity contribution >= 4 is 27.7 Å². The Bertz CT molecular complexity index is 1030. The van der Waals surface area contributed by atoms with Crippen LogP contribution in [-0.4, -0.2) is 26.3 Å². The fourth-order valence-corrected chi connectivity index (χ4v) is 4.15. The number of hydrogen-bond acceptors (Lipinski definition) is 3. The Labute approximate surface area is 151 Å². The van der Waals surface area contributed by atoms with Gasteiger partial charge in [-0.25, -0.2) is 4.68 Å². The molecule has 0 unspecified atom stereocenters. The maximum absolute atomic E-state index is 12.9. The summed E-state index contributed by atoms with van der Waals surface area (Å²) in [5, 5.41) is 9.17. The summed E-state index contributed by atoms with van der Waals surface area (Å²) < 4.78 is 3.15. The van der Waals surface area contributed by atoms with E-state index in [0.29, 0.717) is 11.4 Å². The number of carbonyl (C=O) groups excluding carboxylic acids is 1. The molecule has 1 aromatic carbocycles. The van der Waals surface area contributed by atoms with Gasteiger partial charge in [-0.15, -0.1) is 0 Å². The average molecular weight is 352 g/mol. The molecule has 1 amide bonds. The van der Waals surface area contributed by atoms with Crippen molar-refractivity contribution in [2.45, 2.75) is 45.2 Å². The normalized spacial score (nSPS) is 20.5. The Morgan fingerprint density at radius 2 is 2.00 bits per heavy atom. The molecule has 1 N–H and O–H groups in total. The smallest absolute Gasteiger partial charge is 0.291 e. The molecule has 0 bridgehead atoms. The lowest BCUT2D eigenvalue weighted by molar-refractivity contribution is -0.123. The maximum atomic E-state index is 12.9. The standard InChI is InChI=1S/C20H24N4O2/c1-13-7-3-5-9-16(13)22-18(25)12-24-20(26)19-15(11-21-24)14-8-4-6-10-17(14)23(19)2/h4,6,8,10-11,13,16H,3,5,7,9,12H2,1-2H3,(H,22,25)/t13-,16+/m1/s1. The number of aryl methyl sites for hydroxylation is 1. The van der Waals surface area contributed by atoms with E-state index in [1.165, 1.54) is 11.1 Å². The zero-order valence-corrected chi connectivity index (χ0v) is 15.2. The van der Waals surface area contributed by atoms with Gasteiger partial charge in [0.05, 0.1) is 6.20 Å². The molecule has 0 aliphatic heterocycles. The molecule has 136 valence electrons. The number of carbonyl (C=O) groups is 1. The minimum Gasteiger partial charge on any atom is -0.351 e. The highest BCUT2D eigenvalue weighted by molar-refractivity contribution is 6.07. The van der Waals surface area contributed by atoms with Crippen LogP contribution in [0.1, 0.15) is 32.6 Å². The second-order valence-corrected chi connectivity index (χ2v) is 7.38. The van der Waals surface area contributed by atoms with Crippen LogP contribution in [0.3, 0.4) is 0 Å². The highest BCUT2D eigenvalue weighted by Crippen LogP contribution is 2.25. The average Bonchev–Trinajstić information content (AvgIpc) is 2.93. The lowest BCUT2D eigenvalue weighted by Crippen LogP contribution is -2.43. The lowest BCUT2D eigenvalue weighted by atomic mass is 9.86. The molecule has 1 aliphatic rings. The Morgan fingerprint density at radius 3 is 2.81 bits per heavy atom. The van der Waals surface area contributed by atoms with E-state index in [4.69, 9.17) is 0 Å². The molecule has 3 aromatic rings. The number of hydrogen-bond donors (Lipinski definition) is 1. The molecule has 6 heteroatoms. The van der Waals surface area contributed by atoms with Crippen molar-refractivity contribution in [2.24, 2.45) is 13.0 Å². The fourth-order valence-electron chi connectivity index (χ4n) is 4.15. The minimum absolute atomic E-state index is 0.0421. The summed E-state index contributed by atoms with van der Waals surface area (Å²) in [6.07, 6.45) is 6.22. The van der Waals surface area contributed by atoms with Crippen molar-refractivity contribution in [3.05, 3.63) is 40.8 Å². The van der Waals surface area contributed by atoms with Crippen LogP contribution < -0.4 is 10.9 Å². The van der Waals surface area contributed by atoms with Gasteiger partial charge in [-0.1, -0.05) is 38.0 Å². The molecular weight excluding hydrogens is 328 g/mol. The van der Waals surface area contributed by atoms with E-state index in [9.17, 15) is 9.59 Å². The van der Waals surface area contributed by atoms with Crippen molar-refractivity contribution in [3.63, 3.8) is 0 Å². The van der Waals surface area contributed by atoms with E-state index < -0.39 is 0 Å². The number of rotatable bonds is 3. The van der Waals surface area contributed by atoms with Crippen molar-refractivity contribution in [2.75, 3.05) is 0 Å². The van der Waals surface area contributed by atoms with Gasteiger partial charge in [0.15, 0.2) is 0 Å². The van der Waals surface area contributed by atoms with Crippen LogP contribution in [0.2, 0.25) is 0 Å². The van der Waals surface area contributed by atoms with Gasteiger partial charge in [0.1, 0.15) is 12.1 Å². The Hall–Kier alpha value is -2.63. The molecule has 2 aromatic heterocycles. The number of nitrogens with one attached hydrogen (secondary N) is 1. The monoisotopic (exact) mass is 352 g/mol. The van der Waals surface area contributed by atoms with Crippen LogP contribution in [0.4, 0.5) is 0 Å². The van der Waals surface area contributed by atoms with E-state index in [2.05, 4.69) is 17.3 Å². The summed E-state index contributed by atoms with van der Waals surface area (Å²) in [4.78, 5) is 25.4. The third kappa shape index (κ3) is 2.79. The van der Waals surface area contributed by atoms with Crippen LogP contribution in [0.5, 0.6) is 0 Å². The van der Waals surface area contributed by atoms with Crippen LogP contribution in [0.15, 0.2) is 35.3 Å². The molecule has 0 spiro atoms. The summed E-state index contributed by atoms with van der Waals surface area (Å²) >= 11 is 0. The number of benzene rings is 1. The van der Waals surface area contributed by atoms with Gasteiger partial charge in [0, 0.05) is 29.4 Å². The van der Waals surface area contributed by atoms with Gasteiger partial charge in [-0.2, -0.15) is 5.10 Å². The Balaban J connectivity index is 1.64. The van der Waals surface area contributed by atoms with E-state index in [-0.39, 0.29) is 24.1 Å². The summed E-state index contributed by atoms with van der Waals surface area (Å²) in [5.74, 6) is 0.342. The number of aromatic nitrogens is 3. The van der Waals surface area contributed by atoms with E-state index in [0.717, 1.165) is 35.6 Å². The van der Waals surface area contributed by atoms with Crippen LogP contribution in [0, 0.1) is 5.92 Å². The predicted molar refractivity (Wildman–Crippen MR) is 102 cm³/mol. The largest absolute Gasteiger partial charge is 0.351 e. The zero-order valence-electron chi connectivity index (χ0n) is 15.2. The minimum atomic E-state index is -0.229. The summed E-state index contributed by atoms with van der Waals surface area (Å²) in [6, 6.07) is 8.07.